The molecule has 0 aromatic heterocycles. The highest BCUT2D eigenvalue weighted by atomic mass is 31.2. The Kier molecular flexibility index (Phi) is 7.22. The van der Waals surface area contributed by atoms with Crippen molar-refractivity contribution in [2.24, 2.45) is 0 Å². The first-order valence-corrected chi connectivity index (χ1v) is 9.84. The fraction of sp³-hybridized carbons (Fsp3) is 0.471. The lowest BCUT2D eigenvalue weighted by Gasteiger charge is -2.23. The first-order chi connectivity index (χ1) is 13.0. The molecule has 4 N–H and O–H groups in total. The molecule has 156 valence electrons. The highest BCUT2D eigenvalue weighted by Gasteiger charge is 2.44. The van der Waals surface area contributed by atoms with Crippen LogP contribution in [0.3, 0.4) is 0 Å². The third-order valence-corrected chi connectivity index (χ3v) is 3.86. The van der Waals surface area contributed by atoms with Crippen LogP contribution < -0.4 is 0 Å². The molecule has 2 rings (SSSR count). The van der Waals surface area contributed by atoms with Crippen molar-refractivity contribution in [2.45, 2.75) is 38.3 Å². The fourth-order valence-corrected chi connectivity index (χ4v) is 2.67. The molecule has 0 radical (unpaired) electrons. The molecule has 0 fully saturated rings. The topological polar surface area (TPSA) is 152 Å². The van der Waals surface area contributed by atoms with Gasteiger partial charge in [-0.2, -0.15) is 0 Å². The summed E-state index contributed by atoms with van der Waals surface area (Å²) in [5.41, 5.74) is -0.469. The van der Waals surface area contributed by atoms with Crippen molar-refractivity contribution >= 4 is 13.8 Å². The van der Waals surface area contributed by atoms with Gasteiger partial charge in [-0.25, -0.2) is 9.36 Å². The van der Waals surface area contributed by atoms with E-state index in [9.17, 15) is 19.6 Å². The third kappa shape index (κ3) is 6.90. The second kappa shape index (κ2) is 9.04. The van der Waals surface area contributed by atoms with Crippen molar-refractivity contribution in [1.29, 1.82) is 0 Å². The summed E-state index contributed by atoms with van der Waals surface area (Å²) in [6.45, 7) is 2.42. The van der Waals surface area contributed by atoms with E-state index in [1.54, 1.807) is 0 Å². The van der Waals surface area contributed by atoms with Crippen LogP contribution in [-0.4, -0.2) is 57.0 Å². The number of hydrogen-bond acceptors (Lipinski definition) is 8. The average Bonchev–Trinajstić information content (AvgIpc) is 2.88. The zero-order valence-corrected chi connectivity index (χ0v) is 16.2. The Bertz CT molecular complexity index is 749. The second-order valence-electron chi connectivity index (χ2n) is 6.77. The smallest absolute Gasteiger partial charge is 0.487 e. The highest BCUT2D eigenvalue weighted by Crippen LogP contribution is 2.43. The van der Waals surface area contributed by atoms with Gasteiger partial charge >= 0.3 is 13.8 Å². The largest absolute Gasteiger partial charge is 0.525 e. The lowest BCUT2D eigenvalue weighted by atomic mass is 10.1. The summed E-state index contributed by atoms with van der Waals surface area (Å²) in [4.78, 5) is 29.9. The summed E-state index contributed by atoms with van der Waals surface area (Å²) in [7, 11) is -5.09. The Hall–Kier alpha value is -1.94. The van der Waals surface area contributed by atoms with Crippen molar-refractivity contribution in [3.63, 3.8) is 0 Å². The number of ether oxygens (including phenoxy) is 3. The van der Waals surface area contributed by atoms with Gasteiger partial charge in [-0.05, 0) is 19.4 Å². The van der Waals surface area contributed by atoms with E-state index >= 15 is 0 Å². The minimum Gasteiger partial charge on any atom is -0.487 e. The Morgan fingerprint density at radius 1 is 1.25 bits per heavy atom. The van der Waals surface area contributed by atoms with Crippen molar-refractivity contribution in [3.05, 3.63) is 47.4 Å². The predicted octanol–water partition coefficient (Wildman–Crippen LogP) is 0.598. The molecule has 0 spiro atoms. The molecule has 11 heteroatoms. The normalized spacial score (nSPS) is 18.8. The number of esters is 1. The minimum atomic E-state index is -5.09. The molecule has 1 aliphatic rings. The standard InChI is InChI=1S/C17H23O10P/c1-17(2,20)10-25-14-13(26-16(19)15(14)27-28(21,22)23)12(18)9-24-8-11-6-4-3-5-7-11/h3-7,12-13,18,20H,8-10H2,1-2H3,(H2,21,22,23)/t12-,13+/m0/s1. The Balaban J connectivity index is 2.10. The molecule has 0 saturated heterocycles. The molecule has 0 unspecified atom stereocenters. The summed E-state index contributed by atoms with van der Waals surface area (Å²) in [6.07, 6.45) is -2.81. The number of carbonyl (C=O) groups is 1. The lowest BCUT2D eigenvalue weighted by Crippen LogP contribution is -2.35. The molecular formula is C17H23O10P. The number of benzene rings is 1. The zero-order valence-electron chi connectivity index (χ0n) is 15.3. The van der Waals surface area contributed by atoms with Gasteiger partial charge in [0, 0.05) is 0 Å². The molecule has 28 heavy (non-hydrogen) atoms. The first-order valence-electron chi connectivity index (χ1n) is 8.31. The summed E-state index contributed by atoms with van der Waals surface area (Å²) in [5.74, 6) is -2.49. The van der Waals surface area contributed by atoms with Gasteiger partial charge in [0.15, 0.2) is 11.9 Å². The van der Waals surface area contributed by atoms with Crippen LogP contribution in [0, 0.1) is 0 Å². The van der Waals surface area contributed by atoms with Crippen molar-refractivity contribution in [2.75, 3.05) is 13.2 Å². The molecule has 0 amide bonds. The Labute approximate surface area is 161 Å². The monoisotopic (exact) mass is 418 g/mol. The summed E-state index contributed by atoms with van der Waals surface area (Å²) < 4.78 is 31.1. The third-order valence-electron chi connectivity index (χ3n) is 3.44. The van der Waals surface area contributed by atoms with E-state index in [0.717, 1.165) is 5.56 Å². The number of phosphoric acid groups is 1. The van der Waals surface area contributed by atoms with Crippen LogP contribution in [0.25, 0.3) is 0 Å². The van der Waals surface area contributed by atoms with E-state index in [1.165, 1.54) is 13.8 Å². The highest BCUT2D eigenvalue weighted by molar-refractivity contribution is 7.46. The van der Waals surface area contributed by atoms with Gasteiger partial charge in [0.1, 0.15) is 12.7 Å². The lowest BCUT2D eigenvalue weighted by molar-refractivity contribution is -0.149. The average molecular weight is 418 g/mol. The van der Waals surface area contributed by atoms with E-state index in [1.807, 2.05) is 30.3 Å². The van der Waals surface area contributed by atoms with E-state index in [0.29, 0.717) is 0 Å². The van der Waals surface area contributed by atoms with Crippen LogP contribution in [0.1, 0.15) is 19.4 Å². The maximum Gasteiger partial charge on any atom is 0.525 e. The summed E-state index contributed by atoms with van der Waals surface area (Å²) in [5, 5.41) is 20.1. The van der Waals surface area contributed by atoms with Gasteiger partial charge in [-0.3, -0.25) is 9.79 Å². The number of carbonyl (C=O) groups excluding carboxylic acids is 1. The maximum atomic E-state index is 12.0. The van der Waals surface area contributed by atoms with E-state index in [4.69, 9.17) is 24.0 Å². The van der Waals surface area contributed by atoms with Crippen molar-refractivity contribution < 1.29 is 48.1 Å². The quantitative estimate of drug-likeness (QED) is 0.314. The minimum absolute atomic E-state index is 0.188. The number of hydrogen-bond donors (Lipinski definition) is 4. The van der Waals surface area contributed by atoms with Crippen LogP contribution in [0.15, 0.2) is 41.9 Å². The van der Waals surface area contributed by atoms with Gasteiger partial charge in [-0.15, -0.1) is 0 Å². The number of aliphatic hydroxyl groups excluding tert-OH is 1. The molecule has 0 aliphatic carbocycles. The van der Waals surface area contributed by atoms with Crippen LogP contribution >= 0.6 is 7.82 Å². The van der Waals surface area contributed by atoms with E-state index in [-0.39, 0.29) is 19.8 Å². The second-order valence-corrected chi connectivity index (χ2v) is 7.93. The molecule has 10 nitrogen and oxygen atoms in total. The fourth-order valence-electron chi connectivity index (χ4n) is 2.27. The Morgan fingerprint density at radius 3 is 2.46 bits per heavy atom. The van der Waals surface area contributed by atoms with E-state index < -0.39 is 43.1 Å². The summed E-state index contributed by atoms with van der Waals surface area (Å²) in [6, 6.07) is 9.14. The van der Waals surface area contributed by atoms with Crippen LogP contribution in [0.5, 0.6) is 0 Å². The molecular weight excluding hydrogens is 395 g/mol. The van der Waals surface area contributed by atoms with Gasteiger partial charge < -0.3 is 28.9 Å². The van der Waals surface area contributed by atoms with Crippen molar-refractivity contribution in [1.82, 2.24) is 0 Å². The van der Waals surface area contributed by atoms with Gasteiger partial charge in [0.25, 0.3) is 5.76 Å². The van der Waals surface area contributed by atoms with Gasteiger partial charge in [0.2, 0.25) is 0 Å². The molecule has 2 atom stereocenters. The summed E-state index contributed by atoms with van der Waals surface area (Å²) >= 11 is 0. The maximum absolute atomic E-state index is 12.0. The van der Waals surface area contributed by atoms with Crippen LogP contribution in [-0.2, 0) is 34.7 Å². The van der Waals surface area contributed by atoms with Gasteiger partial charge in [0.05, 0.1) is 18.8 Å². The molecule has 1 aromatic carbocycles. The first kappa shape index (κ1) is 22.4. The number of phosphoric ester groups is 1. The molecule has 0 saturated carbocycles. The van der Waals surface area contributed by atoms with Crippen molar-refractivity contribution in [3.8, 4) is 0 Å². The zero-order chi connectivity index (χ0) is 20.9. The Morgan fingerprint density at radius 2 is 1.89 bits per heavy atom. The molecule has 1 heterocycles. The van der Waals surface area contributed by atoms with Crippen LogP contribution in [0.4, 0.5) is 0 Å². The molecule has 1 aromatic rings. The predicted molar refractivity (Wildman–Crippen MR) is 94.4 cm³/mol. The molecule has 1 aliphatic heterocycles. The number of aliphatic hydroxyl groups is 2. The molecule has 0 bridgehead atoms. The number of cyclic esters (lactones) is 1. The van der Waals surface area contributed by atoms with E-state index in [2.05, 4.69) is 4.52 Å². The SMILES string of the molecule is CC(C)(O)COC1=C(OP(=O)(O)O)C(=O)O[C@@H]1[C@@H](O)COCc1ccccc1. The van der Waals surface area contributed by atoms with Gasteiger partial charge in [-0.1, -0.05) is 30.3 Å². The number of rotatable bonds is 10. The van der Waals surface area contributed by atoms with Crippen LogP contribution in [0.2, 0.25) is 0 Å².